The van der Waals surface area contributed by atoms with Crippen LogP contribution in [0.15, 0.2) is 57.9 Å². The van der Waals surface area contributed by atoms with Gasteiger partial charge in [0.25, 0.3) is 0 Å². The lowest BCUT2D eigenvalue weighted by Crippen LogP contribution is -2.22. The zero-order valence-corrected chi connectivity index (χ0v) is 14.8. The summed E-state index contributed by atoms with van der Waals surface area (Å²) in [7, 11) is 0. The molecule has 7 heteroatoms. The fourth-order valence-electron chi connectivity index (χ4n) is 2.52. The number of furan rings is 1. The number of carbonyl (C=O) groups is 2. The second-order valence-corrected chi connectivity index (χ2v) is 6.14. The molecule has 0 bridgehead atoms. The largest absolute Gasteiger partial charge is 0.545 e. The Bertz CT molecular complexity index is 1070. The highest BCUT2D eigenvalue weighted by atomic mass is 35.5. The van der Waals surface area contributed by atoms with E-state index >= 15 is 0 Å². The fourth-order valence-corrected chi connectivity index (χ4v) is 2.72. The van der Waals surface area contributed by atoms with Gasteiger partial charge < -0.3 is 24.2 Å². The molecule has 0 unspecified atom stereocenters. The highest BCUT2D eigenvalue weighted by Gasteiger charge is 2.08. The van der Waals surface area contributed by atoms with Gasteiger partial charge in [-0.3, -0.25) is 4.99 Å². The molecule has 27 heavy (non-hydrogen) atoms. The monoisotopic (exact) mass is 381 g/mol. The molecule has 0 amide bonds. The van der Waals surface area contributed by atoms with E-state index in [1.165, 1.54) is 30.5 Å². The van der Waals surface area contributed by atoms with Crippen LogP contribution in [0, 0.1) is 6.92 Å². The highest BCUT2D eigenvalue weighted by molar-refractivity contribution is 6.33. The van der Waals surface area contributed by atoms with Crippen molar-refractivity contribution in [1.82, 2.24) is 0 Å². The van der Waals surface area contributed by atoms with E-state index < -0.39 is 11.9 Å². The molecule has 1 aromatic heterocycles. The summed E-state index contributed by atoms with van der Waals surface area (Å²) < 4.78 is 5.71. The van der Waals surface area contributed by atoms with Crippen molar-refractivity contribution < 1.29 is 24.2 Å². The zero-order valence-electron chi connectivity index (χ0n) is 14.1. The Balaban J connectivity index is 1.84. The van der Waals surface area contributed by atoms with Gasteiger partial charge in [0, 0.05) is 16.1 Å². The Hall–Kier alpha value is -3.38. The summed E-state index contributed by atoms with van der Waals surface area (Å²) in [4.78, 5) is 26.1. The molecule has 0 fully saturated rings. The van der Waals surface area contributed by atoms with Gasteiger partial charge in [-0.25, -0.2) is 0 Å². The van der Waals surface area contributed by atoms with E-state index in [1.54, 1.807) is 31.2 Å². The Labute approximate surface area is 159 Å². The number of carbonyl (C=O) groups excluding carboxylic acids is 2. The van der Waals surface area contributed by atoms with Gasteiger partial charge in [0.15, 0.2) is 0 Å². The predicted octanol–water partition coefficient (Wildman–Crippen LogP) is 2.39. The van der Waals surface area contributed by atoms with Gasteiger partial charge in [-0.05, 0) is 54.4 Å². The van der Waals surface area contributed by atoms with Gasteiger partial charge >= 0.3 is 0 Å². The van der Waals surface area contributed by atoms with Crippen molar-refractivity contribution >= 4 is 35.4 Å². The van der Waals surface area contributed by atoms with Crippen LogP contribution in [0.4, 0.5) is 5.69 Å². The first-order chi connectivity index (χ1) is 12.8. The summed E-state index contributed by atoms with van der Waals surface area (Å²) >= 11 is 5.79. The lowest BCUT2D eigenvalue weighted by Gasteiger charge is -2.07. The maximum Gasteiger partial charge on any atom is 0.145 e. The number of aliphatic imine (C=N–C) groups is 1. The molecular weight excluding hydrogens is 370 g/mol. The number of halogens is 1. The van der Waals surface area contributed by atoms with E-state index in [4.69, 9.17) is 16.0 Å². The van der Waals surface area contributed by atoms with E-state index in [0.717, 1.165) is 11.1 Å². The molecule has 0 saturated heterocycles. The van der Waals surface area contributed by atoms with Gasteiger partial charge in [0.05, 0.1) is 23.8 Å². The van der Waals surface area contributed by atoms with Crippen molar-refractivity contribution in [2.45, 2.75) is 6.92 Å². The molecule has 0 spiro atoms. The van der Waals surface area contributed by atoms with Crippen LogP contribution in [0.25, 0.3) is 11.3 Å². The number of carboxylic acid groups (broad SMARTS) is 2. The molecular formula is C20H12ClNO5-2. The standard InChI is InChI=1S/C20H14ClNO5/c1-11-8-12(19(23)24)2-5-15(11)18-7-4-14(27-18)10-22-13-3-6-17(21)16(9-13)20(25)26/h2-10H,1H3,(H,23,24)(H,25,26)/p-2. The SMILES string of the molecule is Cc1cc(C(=O)[O-])ccc1-c1ccc(C=Nc2ccc(Cl)c(C(=O)[O-])c2)o1. The summed E-state index contributed by atoms with van der Waals surface area (Å²) in [5.74, 6) is -1.63. The number of carboxylic acids is 2. The van der Waals surface area contributed by atoms with Gasteiger partial charge in [-0.1, -0.05) is 23.7 Å². The van der Waals surface area contributed by atoms with Gasteiger partial charge in [-0.2, -0.15) is 0 Å². The van der Waals surface area contributed by atoms with Crippen molar-refractivity contribution in [2.75, 3.05) is 0 Å². The zero-order chi connectivity index (χ0) is 19.6. The van der Waals surface area contributed by atoms with E-state index in [1.807, 2.05) is 0 Å². The smallest absolute Gasteiger partial charge is 0.145 e. The topological polar surface area (TPSA) is 106 Å². The molecule has 0 aliphatic rings. The molecule has 0 N–H and O–H groups in total. The number of aryl methyl sites for hydroxylation is 1. The number of nitrogens with zero attached hydrogens (tertiary/aromatic N) is 1. The third kappa shape index (κ3) is 4.07. The molecule has 0 saturated carbocycles. The van der Waals surface area contributed by atoms with Gasteiger partial charge in [0.1, 0.15) is 11.5 Å². The maximum absolute atomic E-state index is 11.0. The third-order valence-electron chi connectivity index (χ3n) is 3.87. The molecule has 0 atom stereocenters. The first-order valence-corrected chi connectivity index (χ1v) is 8.20. The molecule has 1 heterocycles. The average molecular weight is 382 g/mol. The van der Waals surface area contributed by atoms with Crippen LogP contribution < -0.4 is 10.2 Å². The normalized spacial score (nSPS) is 11.0. The third-order valence-corrected chi connectivity index (χ3v) is 4.19. The van der Waals surface area contributed by atoms with Crippen LogP contribution in [0.1, 0.15) is 32.0 Å². The second-order valence-electron chi connectivity index (χ2n) is 5.73. The van der Waals surface area contributed by atoms with Crippen LogP contribution in [-0.4, -0.2) is 18.2 Å². The number of hydrogen-bond acceptors (Lipinski definition) is 6. The van der Waals surface area contributed by atoms with Crippen molar-refractivity contribution in [3.05, 3.63) is 76.0 Å². The van der Waals surface area contributed by atoms with E-state index in [-0.39, 0.29) is 16.1 Å². The number of hydrogen-bond donors (Lipinski definition) is 0. The Morgan fingerprint density at radius 3 is 2.48 bits per heavy atom. The van der Waals surface area contributed by atoms with Crippen molar-refractivity contribution in [3.63, 3.8) is 0 Å². The van der Waals surface area contributed by atoms with E-state index in [2.05, 4.69) is 4.99 Å². The summed E-state index contributed by atoms with van der Waals surface area (Å²) in [6.07, 6.45) is 1.44. The van der Waals surface area contributed by atoms with E-state index in [0.29, 0.717) is 17.2 Å². The Morgan fingerprint density at radius 2 is 1.81 bits per heavy atom. The van der Waals surface area contributed by atoms with Crippen LogP contribution >= 0.6 is 11.6 Å². The van der Waals surface area contributed by atoms with Crippen LogP contribution in [-0.2, 0) is 0 Å². The Kier molecular flexibility index (Phi) is 5.09. The summed E-state index contributed by atoms with van der Waals surface area (Å²) in [5.41, 5.74) is 1.80. The predicted molar refractivity (Wildman–Crippen MR) is 96.2 cm³/mol. The van der Waals surface area contributed by atoms with Crippen molar-refractivity contribution in [2.24, 2.45) is 4.99 Å². The molecule has 0 aliphatic heterocycles. The molecule has 6 nitrogen and oxygen atoms in total. The number of rotatable bonds is 5. The molecule has 136 valence electrons. The molecule has 0 radical (unpaired) electrons. The van der Waals surface area contributed by atoms with Crippen molar-refractivity contribution in [3.8, 4) is 11.3 Å². The molecule has 2 aromatic carbocycles. The van der Waals surface area contributed by atoms with Gasteiger partial charge in [-0.15, -0.1) is 0 Å². The minimum atomic E-state index is -1.38. The lowest BCUT2D eigenvalue weighted by atomic mass is 10.0. The number of aromatic carboxylic acids is 2. The molecule has 3 aromatic rings. The number of benzene rings is 2. The minimum absolute atomic E-state index is 0.0738. The second kappa shape index (κ2) is 7.47. The first-order valence-electron chi connectivity index (χ1n) is 7.82. The fraction of sp³-hybridized carbons (Fsp3) is 0.0500. The average Bonchev–Trinajstić information content (AvgIpc) is 3.09. The molecule has 3 rings (SSSR count). The van der Waals surface area contributed by atoms with Crippen LogP contribution in [0.3, 0.4) is 0 Å². The Morgan fingerprint density at radius 1 is 1.04 bits per heavy atom. The van der Waals surface area contributed by atoms with Gasteiger partial charge in [0.2, 0.25) is 0 Å². The summed E-state index contributed by atoms with van der Waals surface area (Å²) in [5, 5.41) is 22.0. The van der Waals surface area contributed by atoms with Crippen LogP contribution in [0.2, 0.25) is 5.02 Å². The van der Waals surface area contributed by atoms with Crippen molar-refractivity contribution in [1.29, 1.82) is 0 Å². The highest BCUT2D eigenvalue weighted by Crippen LogP contribution is 2.26. The van der Waals surface area contributed by atoms with Crippen LogP contribution in [0.5, 0.6) is 0 Å². The minimum Gasteiger partial charge on any atom is -0.545 e. The maximum atomic E-state index is 11.0. The summed E-state index contributed by atoms with van der Waals surface area (Å²) in [6.45, 7) is 1.77. The quantitative estimate of drug-likeness (QED) is 0.631. The molecule has 0 aliphatic carbocycles. The summed E-state index contributed by atoms with van der Waals surface area (Å²) in [6, 6.07) is 12.3. The lowest BCUT2D eigenvalue weighted by molar-refractivity contribution is -0.256. The van der Waals surface area contributed by atoms with E-state index in [9.17, 15) is 19.8 Å². The first kappa shape index (κ1) is 18.4.